The van der Waals surface area contributed by atoms with Crippen LogP contribution in [0.15, 0.2) is 58.7 Å². The van der Waals surface area contributed by atoms with Gasteiger partial charge in [-0.1, -0.05) is 26.0 Å². The molecule has 0 saturated carbocycles. The van der Waals surface area contributed by atoms with Crippen LogP contribution in [-0.4, -0.2) is 63.3 Å². The molecule has 1 saturated heterocycles. The molecule has 4 heterocycles. The minimum atomic E-state index is -0.214. The first-order valence-electron chi connectivity index (χ1n) is 12.6. The van der Waals surface area contributed by atoms with Crippen molar-refractivity contribution in [3.05, 3.63) is 59.3 Å². The highest BCUT2D eigenvalue weighted by atomic mass is 16.1. The van der Waals surface area contributed by atoms with Crippen LogP contribution in [-0.2, 0) is 6.54 Å². The molecule has 0 aromatic carbocycles. The number of nitrogens with zero attached hydrogens (tertiary/aromatic N) is 7. The topological polar surface area (TPSA) is 131 Å². The SMILES string of the molecule is C=CCn1c(=O)c2cnc(N/C(C=NCC(C)C)=C/N)nc2n1-c1cccc(N(C)C2CCNCC2)n1. The molecule has 1 aliphatic heterocycles. The van der Waals surface area contributed by atoms with E-state index in [4.69, 9.17) is 10.7 Å². The van der Waals surface area contributed by atoms with Gasteiger partial charge in [0, 0.05) is 38.2 Å². The molecule has 11 nitrogen and oxygen atoms in total. The van der Waals surface area contributed by atoms with Crippen molar-refractivity contribution >= 4 is 29.0 Å². The van der Waals surface area contributed by atoms with E-state index in [1.807, 2.05) is 18.2 Å². The smallest absolute Gasteiger partial charge is 0.278 e. The molecule has 1 aliphatic rings. The Balaban J connectivity index is 1.74. The van der Waals surface area contributed by atoms with Gasteiger partial charge in [0.2, 0.25) is 5.95 Å². The molecule has 4 N–H and O–H groups in total. The van der Waals surface area contributed by atoms with Crippen molar-refractivity contribution < 1.29 is 0 Å². The molecule has 0 radical (unpaired) electrons. The summed E-state index contributed by atoms with van der Waals surface area (Å²) in [5.74, 6) is 2.16. The van der Waals surface area contributed by atoms with Crippen molar-refractivity contribution in [2.45, 2.75) is 39.3 Å². The highest BCUT2D eigenvalue weighted by Gasteiger charge is 2.21. The number of hydrogen-bond donors (Lipinski definition) is 3. The quantitative estimate of drug-likeness (QED) is 0.283. The maximum atomic E-state index is 13.3. The summed E-state index contributed by atoms with van der Waals surface area (Å²) in [5.41, 5.74) is 6.57. The maximum Gasteiger partial charge on any atom is 0.278 e. The number of pyridine rings is 1. The average Bonchev–Trinajstić information content (AvgIpc) is 3.18. The normalized spacial score (nSPS) is 15.1. The predicted octanol–water partition coefficient (Wildman–Crippen LogP) is 2.29. The minimum Gasteiger partial charge on any atom is -0.403 e. The van der Waals surface area contributed by atoms with E-state index in [0.29, 0.717) is 53.5 Å². The molecular weight excluding hydrogens is 468 g/mol. The van der Waals surface area contributed by atoms with Crippen molar-refractivity contribution in [1.29, 1.82) is 0 Å². The van der Waals surface area contributed by atoms with Gasteiger partial charge in [0.05, 0.1) is 12.2 Å². The molecule has 0 amide bonds. The number of aliphatic imine (C=N–C) groups is 1. The Morgan fingerprint density at radius 1 is 1.35 bits per heavy atom. The zero-order chi connectivity index (χ0) is 26.4. The van der Waals surface area contributed by atoms with E-state index in [0.717, 1.165) is 31.7 Å². The molecule has 11 heteroatoms. The van der Waals surface area contributed by atoms with E-state index < -0.39 is 0 Å². The number of fused-ring (bicyclic) bond motifs is 1. The monoisotopic (exact) mass is 504 g/mol. The first kappa shape index (κ1) is 26.1. The van der Waals surface area contributed by atoms with E-state index in [1.165, 1.54) is 12.4 Å². The number of nitrogens with two attached hydrogens (primary N) is 1. The van der Waals surface area contributed by atoms with Crippen LogP contribution >= 0.6 is 0 Å². The Morgan fingerprint density at radius 2 is 2.14 bits per heavy atom. The van der Waals surface area contributed by atoms with E-state index in [1.54, 1.807) is 21.7 Å². The molecule has 0 aliphatic carbocycles. The summed E-state index contributed by atoms with van der Waals surface area (Å²) in [7, 11) is 2.07. The van der Waals surface area contributed by atoms with Crippen molar-refractivity contribution in [2.24, 2.45) is 16.6 Å². The molecule has 196 valence electrons. The summed E-state index contributed by atoms with van der Waals surface area (Å²) >= 11 is 0. The number of allylic oxidation sites excluding steroid dienone is 2. The van der Waals surface area contributed by atoms with Crippen LogP contribution in [0.5, 0.6) is 0 Å². The van der Waals surface area contributed by atoms with Crippen molar-refractivity contribution in [3.63, 3.8) is 0 Å². The van der Waals surface area contributed by atoms with Crippen LogP contribution in [0, 0.1) is 5.92 Å². The lowest BCUT2D eigenvalue weighted by molar-refractivity contribution is 0.441. The molecule has 4 rings (SSSR count). The van der Waals surface area contributed by atoms with E-state index in [9.17, 15) is 4.79 Å². The van der Waals surface area contributed by atoms with Gasteiger partial charge in [-0.25, -0.2) is 19.3 Å². The van der Waals surface area contributed by atoms with Gasteiger partial charge in [0.15, 0.2) is 11.5 Å². The number of anilines is 2. The standard InChI is InChI=1S/C26H36N10O/c1-5-13-35-25(37)21-17-30-26(31-19(14-27)16-29-15-18(2)3)33-24(21)36(35)23-8-6-7-22(32-23)34(4)20-9-11-28-12-10-20/h5-8,14,16-18,20,28H,1,9-13,15,27H2,2-4H3,(H,30,31,33)/b19-14+,29-16?. The molecule has 0 bridgehead atoms. The van der Waals surface area contributed by atoms with Gasteiger partial charge >= 0.3 is 0 Å². The minimum absolute atomic E-state index is 0.214. The zero-order valence-corrected chi connectivity index (χ0v) is 21.8. The Kier molecular flexibility index (Phi) is 8.34. The van der Waals surface area contributed by atoms with Gasteiger partial charge in [-0.2, -0.15) is 4.98 Å². The molecule has 37 heavy (non-hydrogen) atoms. The first-order chi connectivity index (χ1) is 17.9. The third-order valence-corrected chi connectivity index (χ3v) is 6.27. The molecule has 1 fully saturated rings. The van der Waals surface area contributed by atoms with Crippen LogP contribution in [0.3, 0.4) is 0 Å². The summed E-state index contributed by atoms with van der Waals surface area (Å²) in [5, 5.41) is 6.88. The van der Waals surface area contributed by atoms with E-state index in [-0.39, 0.29) is 5.56 Å². The van der Waals surface area contributed by atoms with E-state index in [2.05, 4.69) is 58.0 Å². The summed E-state index contributed by atoms with van der Waals surface area (Å²) < 4.78 is 3.29. The molecule has 3 aromatic rings. The maximum absolute atomic E-state index is 13.3. The van der Waals surface area contributed by atoms with Crippen LogP contribution < -0.4 is 26.8 Å². The van der Waals surface area contributed by atoms with Crippen LogP contribution in [0.1, 0.15) is 26.7 Å². The second kappa shape index (κ2) is 11.8. The second-order valence-electron chi connectivity index (χ2n) is 9.50. The van der Waals surface area contributed by atoms with Gasteiger partial charge in [-0.15, -0.1) is 6.58 Å². The van der Waals surface area contributed by atoms with Crippen LogP contribution in [0.2, 0.25) is 0 Å². The van der Waals surface area contributed by atoms with Gasteiger partial charge < -0.3 is 21.3 Å². The van der Waals surface area contributed by atoms with Gasteiger partial charge in [-0.3, -0.25) is 9.79 Å². The third-order valence-electron chi connectivity index (χ3n) is 6.27. The lowest BCUT2D eigenvalue weighted by Crippen LogP contribution is -2.41. The third kappa shape index (κ3) is 5.88. The number of piperidine rings is 1. The fourth-order valence-corrected chi connectivity index (χ4v) is 4.32. The lowest BCUT2D eigenvalue weighted by Gasteiger charge is -2.32. The highest BCUT2D eigenvalue weighted by molar-refractivity contribution is 5.83. The van der Waals surface area contributed by atoms with Crippen molar-refractivity contribution in [1.82, 2.24) is 29.6 Å². The molecule has 0 unspecified atom stereocenters. The molecule has 3 aromatic heterocycles. The Bertz CT molecular complexity index is 1350. The summed E-state index contributed by atoms with van der Waals surface area (Å²) in [4.78, 5) is 33.8. The van der Waals surface area contributed by atoms with Gasteiger partial charge in [-0.05, 0) is 44.0 Å². The van der Waals surface area contributed by atoms with Crippen molar-refractivity contribution in [2.75, 3.05) is 36.9 Å². The predicted molar refractivity (Wildman–Crippen MR) is 150 cm³/mol. The number of nitrogens with one attached hydrogen (secondary N) is 2. The molecular formula is C26H36N10O. The molecule has 0 spiro atoms. The van der Waals surface area contributed by atoms with E-state index >= 15 is 0 Å². The summed E-state index contributed by atoms with van der Waals surface area (Å²) in [6.45, 7) is 11.0. The van der Waals surface area contributed by atoms with Gasteiger partial charge in [0.1, 0.15) is 11.2 Å². The average molecular weight is 505 g/mol. The number of hydrogen-bond acceptors (Lipinski definition) is 9. The largest absolute Gasteiger partial charge is 0.403 e. The zero-order valence-electron chi connectivity index (χ0n) is 21.8. The van der Waals surface area contributed by atoms with Crippen LogP contribution in [0.25, 0.3) is 16.9 Å². The first-order valence-corrected chi connectivity index (χ1v) is 12.6. The van der Waals surface area contributed by atoms with Crippen LogP contribution in [0.4, 0.5) is 11.8 Å². The Labute approximate surface area is 216 Å². The fraction of sp³-hybridized carbons (Fsp3) is 0.423. The number of rotatable bonds is 10. The number of aromatic nitrogens is 5. The summed E-state index contributed by atoms with van der Waals surface area (Å²) in [6.07, 6.45) is 8.37. The fourth-order valence-electron chi connectivity index (χ4n) is 4.32. The van der Waals surface area contributed by atoms with Crippen molar-refractivity contribution in [3.8, 4) is 5.82 Å². The highest BCUT2D eigenvalue weighted by Crippen LogP contribution is 2.21. The molecule has 0 atom stereocenters. The Hall–Kier alpha value is -3.99. The lowest BCUT2D eigenvalue weighted by atomic mass is 10.1. The summed E-state index contributed by atoms with van der Waals surface area (Å²) in [6, 6.07) is 6.21. The Morgan fingerprint density at radius 3 is 2.84 bits per heavy atom. The van der Waals surface area contributed by atoms with Gasteiger partial charge in [0.25, 0.3) is 5.56 Å². The second-order valence-corrected chi connectivity index (χ2v) is 9.50.